The summed E-state index contributed by atoms with van der Waals surface area (Å²) in [5, 5.41) is 1.18. The van der Waals surface area contributed by atoms with Crippen LogP contribution in [-0.4, -0.2) is 5.88 Å². The maximum atomic E-state index is 13.7. The maximum Gasteiger partial charge on any atom is 0.126 e. The molecule has 2 aromatic rings. The van der Waals surface area contributed by atoms with Crippen LogP contribution in [0.5, 0.6) is 0 Å². The highest BCUT2D eigenvalue weighted by atomic mass is 35.5. The monoisotopic (exact) mass is 316 g/mol. The molecule has 0 saturated carbocycles. The van der Waals surface area contributed by atoms with Gasteiger partial charge in [-0.15, -0.1) is 11.6 Å². The number of hydrogen-bond acceptors (Lipinski definition) is 0. The van der Waals surface area contributed by atoms with E-state index >= 15 is 0 Å². The lowest BCUT2D eigenvalue weighted by Crippen LogP contribution is -2.06. The number of alkyl halides is 1. The second-order valence-electron chi connectivity index (χ2n) is 4.35. The zero-order valence-corrected chi connectivity index (χ0v) is 12.3. The lowest BCUT2D eigenvalue weighted by Gasteiger charge is -2.15. The van der Waals surface area contributed by atoms with Crippen LogP contribution >= 0.6 is 34.8 Å². The summed E-state index contributed by atoms with van der Waals surface area (Å²) in [6, 6.07) is 12.0. The molecular formula is C15H12Cl3F. The molecule has 4 heteroatoms. The van der Waals surface area contributed by atoms with Crippen LogP contribution in [0.25, 0.3) is 0 Å². The van der Waals surface area contributed by atoms with Gasteiger partial charge >= 0.3 is 0 Å². The van der Waals surface area contributed by atoms with Gasteiger partial charge in [-0.3, -0.25) is 0 Å². The predicted molar refractivity (Wildman–Crippen MR) is 80.0 cm³/mol. The summed E-state index contributed by atoms with van der Waals surface area (Å²) in [7, 11) is 0. The first kappa shape index (κ1) is 14.6. The van der Waals surface area contributed by atoms with Crippen LogP contribution in [-0.2, 0) is 6.42 Å². The first-order chi connectivity index (χ1) is 9.10. The van der Waals surface area contributed by atoms with Crippen LogP contribution in [0.2, 0.25) is 10.0 Å². The Balaban J connectivity index is 2.26. The summed E-state index contributed by atoms with van der Waals surface area (Å²) in [4.78, 5) is 0. The molecule has 19 heavy (non-hydrogen) atoms. The minimum Gasteiger partial charge on any atom is -0.207 e. The summed E-state index contributed by atoms with van der Waals surface area (Å²) in [5.41, 5.74) is 1.57. The van der Waals surface area contributed by atoms with Gasteiger partial charge < -0.3 is 0 Å². The molecule has 0 saturated heterocycles. The molecule has 1 unspecified atom stereocenters. The van der Waals surface area contributed by atoms with Gasteiger partial charge in [-0.2, -0.15) is 0 Å². The Kier molecular flexibility index (Phi) is 5.09. The number of benzene rings is 2. The topological polar surface area (TPSA) is 0 Å². The molecule has 0 amide bonds. The Hall–Kier alpha value is -0.760. The normalized spacial score (nSPS) is 12.4. The average molecular weight is 318 g/mol. The van der Waals surface area contributed by atoms with Gasteiger partial charge in [0.15, 0.2) is 0 Å². The van der Waals surface area contributed by atoms with Crippen molar-refractivity contribution in [1.82, 2.24) is 0 Å². The van der Waals surface area contributed by atoms with Crippen molar-refractivity contribution in [2.24, 2.45) is 0 Å². The summed E-state index contributed by atoms with van der Waals surface area (Å²) >= 11 is 17.9. The highest BCUT2D eigenvalue weighted by molar-refractivity contribution is 6.31. The van der Waals surface area contributed by atoms with Crippen LogP contribution in [0.3, 0.4) is 0 Å². The molecule has 0 spiro atoms. The Labute approximate surface area is 127 Å². The van der Waals surface area contributed by atoms with E-state index < -0.39 is 0 Å². The minimum atomic E-state index is -0.262. The van der Waals surface area contributed by atoms with E-state index in [1.165, 1.54) is 12.1 Å². The van der Waals surface area contributed by atoms with Crippen molar-refractivity contribution in [2.75, 3.05) is 5.88 Å². The molecule has 2 aromatic carbocycles. The smallest absolute Gasteiger partial charge is 0.126 e. The molecule has 0 radical (unpaired) electrons. The Morgan fingerprint density at radius 3 is 2.42 bits per heavy atom. The molecule has 0 heterocycles. The molecule has 2 rings (SSSR count). The molecule has 0 fully saturated rings. The third-order valence-electron chi connectivity index (χ3n) is 2.98. The molecule has 0 aliphatic carbocycles. The van der Waals surface area contributed by atoms with Crippen molar-refractivity contribution >= 4 is 34.8 Å². The highest BCUT2D eigenvalue weighted by Crippen LogP contribution is 2.27. The van der Waals surface area contributed by atoms with Crippen molar-refractivity contribution in [2.45, 2.75) is 12.3 Å². The molecule has 0 nitrogen and oxygen atoms in total. The van der Waals surface area contributed by atoms with Crippen LogP contribution < -0.4 is 0 Å². The fourth-order valence-electron chi connectivity index (χ4n) is 1.99. The molecule has 0 aliphatic rings. The van der Waals surface area contributed by atoms with Gasteiger partial charge in [0.05, 0.1) is 0 Å². The molecule has 0 bridgehead atoms. The summed E-state index contributed by atoms with van der Waals surface area (Å²) in [6.45, 7) is 0. The van der Waals surface area contributed by atoms with Crippen molar-refractivity contribution in [3.63, 3.8) is 0 Å². The number of rotatable bonds is 4. The van der Waals surface area contributed by atoms with Crippen LogP contribution in [0.4, 0.5) is 4.39 Å². The summed E-state index contributed by atoms with van der Waals surface area (Å²) in [5.74, 6) is 0.140. The SMILES string of the molecule is Fc1ccc(Cl)cc1CC(CCl)c1cccc(Cl)c1. The van der Waals surface area contributed by atoms with E-state index in [1.54, 1.807) is 12.1 Å². The second-order valence-corrected chi connectivity index (χ2v) is 5.53. The van der Waals surface area contributed by atoms with Crippen molar-refractivity contribution in [3.8, 4) is 0 Å². The standard InChI is InChI=1S/C15H12Cl3F/c16-9-12(10-2-1-3-13(17)7-10)6-11-8-14(18)4-5-15(11)19/h1-5,7-8,12H,6,9H2. The summed E-state index contributed by atoms with van der Waals surface area (Å²) < 4.78 is 13.7. The fourth-order valence-corrected chi connectivity index (χ4v) is 2.67. The van der Waals surface area contributed by atoms with Gasteiger partial charge in [0.2, 0.25) is 0 Å². The lowest BCUT2D eigenvalue weighted by atomic mass is 9.93. The molecule has 0 aromatic heterocycles. The number of halogens is 4. The average Bonchev–Trinajstić information content (AvgIpc) is 2.39. The molecular weight excluding hydrogens is 306 g/mol. The van der Waals surface area contributed by atoms with Crippen molar-refractivity contribution in [1.29, 1.82) is 0 Å². The Bertz CT molecular complexity index is 569. The molecule has 100 valence electrons. The van der Waals surface area contributed by atoms with Gasteiger partial charge in [0.1, 0.15) is 5.82 Å². The second kappa shape index (κ2) is 6.60. The molecule has 0 aliphatic heterocycles. The van der Waals surface area contributed by atoms with Gasteiger partial charge in [-0.25, -0.2) is 4.39 Å². The fraction of sp³-hybridized carbons (Fsp3) is 0.200. The third kappa shape index (κ3) is 3.85. The largest absolute Gasteiger partial charge is 0.207 e. The lowest BCUT2D eigenvalue weighted by molar-refractivity contribution is 0.598. The van der Waals surface area contributed by atoms with Gasteiger partial charge in [-0.05, 0) is 47.9 Å². The van der Waals surface area contributed by atoms with Gasteiger partial charge in [0.25, 0.3) is 0 Å². The molecule has 0 N–H and O–H groups in total. The van der Waals surface area contributed by atoms with Crippen molar-refractivity contribution in [3.05, 3.63) is 69.5 Å². The van der Waals surface area contributed by atoms with Crippen molar-refractivity contribution < 1.29 is 4.39 Å². The van der Waals surface area contributed by atoms with E-state index in [0.717, 1.165) is 5.56 Å². The molecule has 1 atom stereocenters. The van der Waals surface area contributed by atoms with E-state index in [1.807, 2.05) is 18.2 Å². The maximum absolute atomic E-state index is 13.7. The third-order valence-corrected chi connectivity index (χ3v) is 3.82. The zero-order valence-electron chi connectivity index (χ0n) is 10.0. The minimum absolute atomic E-state index is 0.00772. The van der Waals surface area contributed by atoms with E-state index in [2.05, 4.69) is 0 Å². The van der Waals surface area contributed by atoms with E-state index in [4.69, 9.17) is 34.8 Å². The van der Waals surface area contributed by atoms with E-state index in [0.29, 0.717) is 27.9 Å². The Morgan fingerprint density at radius 1 is 1.00 bits per heavy atom. The first-order valence-electron chi connectivity index (χ1n) is 5.85. The highest BCUT2D eigenvalue weighted by Gasteiger charge is 2.14. The van der Waals surface area contributed by atoms with Gasteiger partial charge in [-0.1, -0.05) is 35.3 Å². The van der Waals surface area contributed by atoms with Crippen LogP contribution in [0, 0.1) is 5.82 Å². The van der Waals surface area contributed by atoms with E-state index in [9.17, 15) is 4.39 Å². The number of hydrogen-bond donors (Lipinski definition) is 0. The van der Waals surface area contributed by atoms with Crippen LogP contribution in [0.1, 0.15) is 17.0 Å². The van der Waals surface area contributed by atoms with E-state index in [-0.39, 0.29) is 11.7 Å². The Morgan fingerprint density at radius 2 is 1.74 bits per heavy atom. The quantitative estimate of drug-likeness (QED) is 0.635. The first-order valence-corrected chi connectivity index (χ1v) is 7.14. The predicted octanol–water partition coefficient (Wildman–Crippen LogP) is 5.70. The summed E-state index contributed by atoms with van der Waals surface area (Å²) in [6.07, 6.45) is 0.496. The van der Waals surface area contributed by atoms with Gasteiger partial charge in [0, 0.05) is 21.8 Å². The van der Waals surface area contributed by atoms with Crippen LogP contribution in [0.15, 0.2) is 42.5 Å². The zero-order chi connectivity index (χ0) is 13.8.